The van der Waals surface area contributed by atoms with Crippen molar-refractivity contribution in [1.82, 2.24) is 5.32 Å². The number of methoxy groups -OCH3 is 1. The van der Waals surface area contributed by atoms with Crippen LogP contribution in [0.2, 0.25) is 0 Å². The Labute approximate surface area is 192 Å². The third-order valence-corrected chi connectivity index (χ3v) is 4.86. The average Bonchev–Trinajstić information content (AvgIpc) is 3.28. The molecule has 0 saturated carbocycles. The molecule has 0 unspecified atom stereocenters. The summed E-state index contributed by atoms with van der Waals surface area (Å²) in [5, 5.41) is 15.0. The second-order valence-electron chi connectivity index (χ2n) is 6.97. The van der Waals surface area contributed by atoms with E-state index in [-0.39, 0.29) is 17.6 Å². The number of benzene rings is 2. The van der Waals surface area contributed by atoms with Crippen LogP contribution in [0.25, 0.3) is 11.3 Å². The largest absolute Gasteiger partial charge is 0.496 e. The number of hydrogen-bond acceptors (Lipinski definition) is 6. The van der Waals surface area contributed by atoms with Crippen molar-refractivity contribution in [2.24, 2.45) is 0 Å². The molecule has 8 heteroatoms. The van der Waals surface area contributed by atoms with Gasteiger partial charge in [-0.2, -0.15) is 0 Å². The van der Waals surface area contributed by atoms with Crippen molar-refractivity contribution >= 4 is 28.9 Å². The number of furan rings is 1. The maximum absolute atomic E-state index is 12.5. The highest BCUT2D eigenvalue weighted by Crippen LogP contribution is 2.33. The van der Waals surface area contributed by atoms with Gasteiger partial charge in [-0.25, -0.2) is 0 Å². The van der Waals surface area contributed by atoms with E-state index >= 15 is 0 Å². The molecule has 32 heavy (non-hydrogen) atoms. The number of unbranched alkanes of at least 4 members (excludes halogenated alkanes) is 1. The van der Waals surface area contributed by atoms with Crippen molar-refractivity contribution in [3.05, 3.63) is 65.9 Å². The number of aliphatic hydroxyl groups excluding tert-OH is 1. The van der Waals surface area contributed by atoms with Gasteiger partial charge in [0.15, 0.2) is 5.11 Å². The summed E-state index contributed by atoms with van der Waals surface area (Å²) in [7, 11) is 1.55. The Morgan fingerprint density at radius 3 is 2.56 bits per heavy atom. The molecule has 0 fully saturated rings. The van der Waals surface area contributed by atoms with Gasteiger partial charge >= 0.3 is 0 Å². The number of aliphatic hydroxyl groups is 1. The van der Waals surface area contributed by atoms with Gasteiger partial charge in [-0.1, -0.05) is 13.3 Å². The van der Waals surface area contributed by atoms with E-state index in [1.165, 1.54) is 0 Å². The number of carbonyl (C=O) groups is 1. The molecule has 168 valence electrons. The summed E-state index contributed by atoms with van der Waals surface area (Å²) in [6.07, 6.45) is 2.05. The van der Waals surface area contributed by atoms with Gasteiger partial charge in [-0.3, -0.25) is 10.1 Å². The summed E-state index contributed by atoms with van der Waals surface area (Å²) in [5.41, 5.74) is 1.85. The van der Waals surface area contributed by atoms with Crippen LogP contribution >= 0.6 is 12.2 Å². The molecule has 0 spiro atoms. The van der Waals surface area contributed by atoms with Crippen LogP contribution < -0.4 is 20.1 Å². The van der Waals surface area contributed by atoms with E-state index in [1.807, 2.05) is 6.07 Å². The third kappa shape index (κ3) is 6.09. The zero-order valence-corrected chi connectivity index (χ0v) is 18.8. The Morgan fingerprint density at radius 2 is 1.91 bits per heavy atom. The number of amides is 1. The monoisotopic (exact) mass is 454 g/mol. The van der Waals surface area contributed by atoms with Gasteiger partial charge in [-0.15, -0.1) is 0 Å². The van der Waals surface area contributed by atoms with Crippen molar-refractivity contribution in [2.45, 2.75) is 26.4 Å². The van der Waals surface area contributed by atoms with E-state index in [4.69, 9.17) is 26.1 Å². The van der Waals surface area contributed by atoms with Crippen LogP contribution in [0.1, 0.15) is 35.9 Å². The Hall–Kier alpha value is -3.36. The van der Waals surface area contributed by atoms with Gasteiger partial charge in [-0.05, 0) is 67.2 Å². The SMILES string of the molecule is CCCCOc1ccc(C(=O)NC(=S)Nc2ccc(-c3ccc(CO)o3)c(OC)c2)cc1. The molecule has 0 saturated heterocycles. The first kappa shape index (κ1) is 23.3. The molecular formula is C24H26N2O5S. The first-order valence-corrected chi connectivity index (χ1v) is 10.7. The number of hydrogen-bond donors (Lipinski definition) is 3. The minimum absolute atomic E-state index is 0.161. The number of nitrogens with one attached hydrogen (secondary N) is 2. The minimum Gasteiger partial charge on any atom is -0.496 e. The molecule has 0 aliphatic carbocycles. The maximum atomic E-state index is 12.5. The Kier molecular flexibility index (Phi) is 8.24. The second kappa shape index (κ2) is 11.3. The molecule has 2 aromatic carbocycles. The fourth-order valence-electron chi connectivity index (χ4n) is 2.95. The molecule has 7 nitrogen and oxygen atoms in total. The highest BCUT2D eigenvalue weighted by atomic mass is 32.1. The van der Waals surface area contributed by atoms with E-state index in [2.05, 4.69) is 17.6 Å². The van der Waals surface area contributed by atoms with E-state index in [9.17, 15) is 9.90 Å². The van der Waals surface area contributed by atoms with Crippen LogP contribution in [0, 0.1) is 0 Å². The molecule has 3 aromatic rings. The van der Waals surface area contributed by atoms with Gasteiger partial charge in [0.05, 0.1) is 19.3 Å². The number of anilines is 1. The fourth-order valence-corrected chi connectivity index (χ4v) is 3.17. The zero-order valence-electron chi connectivity index (χ0n) is 18.0. The Balaban J connectivity index is 1.61. The highest BCUT2D eigenvalue weighted by molar-refractivity contribution is 7.80. The molecule has 0 radical (unpaired) electrons. The molecule has 3 N–H and O–H groups in total. The highest BCUT2D eigenvalue weighted by Gasteiger charge is 2.13. The lowest BCUT2D eigenvalue weighted by atomic mass is 10.1. The Morgan fingerprint density at radius 1 is 1.12 bits per heavy atom. The normalized spacial score (nSPS) is 10.5. The maximum Gasteiger partial charge on any atom is 0.257 e. The summed E-state index contributed by atoms with van der Waals surface area (Å²) in [6.45, 7) is 2.58. The van der Waals surface area contributed by atoms with Crippen molar-refractivity contribution in [3.8, 4) is 22.8 Å². The summed E-state index contributed by atoms with van der Waals surface area (Å²) in [5.74, 6) is 2.01. The molecule has 0 aliphatic rings. The topological polar surface area (TPSA) is 93.0 Å². The molecule has 3 rings (SSSR count). The van der Waals surface area contributed by atoms with Gasteiger partial charge in [0.25, 0.3) is 5.91 Å². The zero-order chi connectivity index (χ0) is 22.9. The predicted octanol–water partition coefficient (Wildman–Crippen LogP) is 4.75. The molecule has 1 heterocycles. The minimum atomic E-state index is -0.321. The van der Waals surface area contributed by atoms with Crippen molar-refractivity contribution in [1.29, 1.82) is 0 Å². The second-order valence-corrected chi connectivity index (χ2v) is 7.38. The van der Waals surface area contributed by atoms with Crippen molar-refractivity contribution in [2.75, 3.05) is 19.0 Å². The van der Waals surface area contributed by atoms with Gasteiger partial charge in [0.1, 0.15) is 29.6 Å². The number of rotatable bonds is 9. The molecule has 0 aliphatic heterocycles. The van der Waals surface area contributed by atoms with Crippen LogP contribution in [0.5, 0.6) is 11.5 Å². The van der Waals surface area contributed by atoms with E-state index in [1.54, 1.807) is 55.6 Å². The number of ether oxygens (including phenoxy) is 2. The molecular weight excluding hydrogens is 428 g/mol. The first-order valence-electron chi connectivity index (χ1n) is 10.3. The standard InChI is InChI=1S/C24H26N2O5S/c1-3-4-13-30-18-8-5-16(6-9-18)23(28)26-24(32)25-17-7-11-20(22(14-17)29-2)21-12-10-19(15-27)31-21/h5-12,14,27H,3-4,13,15H2,1-2H3,(H2,25,26,28,32). The molecule has 1 aromatic heterocycles. The summed E-state index contributed by atoms with van der Waals surface area (Å²) in [6, 6.07) is 15.7. The third-order valence-electron chi connectivity index (χ3n) is 4.65. The first-order chi connectivity index (χ1) is 15.5. The van der Waals surface area contributed by atoms with E-state index < -0.39 is 0 Å². The lowest BCUT2D eigenvalue weighted by molar-refractivity contribution is 0.0977. The summed E-state index contributed by atoms with van der Waals surface area (Å²) >= 11 is 5.28. The molecule has 0 bridgehead atoms. The predicted molar refractivity (Wildman–Crippen MR) is 127 cm³/mol. The van der Waals surface area contributed by atoms with Crippen molar-refractivity contribution in [3.63, 3.8) is 0 Å². The quantitative estimate of drug-likeness (QED) is 0.317. The summed E-state index contributed by atoms with van der Waals surface area (Å²) in [4.78, 5) is 12.5. The van der Waals surface area contributed by atoms with Crippen LogP contribution in [-0.4, -0.2) is 29.8 Å². The lowest BCUT2D eigenvalue weighted by Gasteiger charge is -2.13. The van der Waals surface area contributed by atoms with Gasteiger partial charge in [0, 0.05) is 17.3 Å². The fraction of sp³-hybridized carbons (Fsp3) is 0.250. The Bertz CT molecular complexity index is 1060. The smallest absolute Gasteiger partial charge is 0.257 e. The van der Waals surface area contributed by atoms with Gasteiger partial charge < -0.3 is 24.3 Å². The van der Waals surface area contributed by atoms with Crippen LogP contribution in [0.4, 0.5) is 5.69 Å². The van der Waals surface area contributed by atoms with E-state index in [0.717, 1.165) is 24.2 Å². The lowest BCUT2D eigenvalue weighted by Crippen LogP contribution is -2.34. The number of thiocarbonyl (C=S) groups is 1. The van der Waals surface area contributed by atoms with Gasteiger partial charge in [0.2, 0.25) is 0 Å². The van der Waals surface area contributed by atoms with E-state index in [0.29, 0.717) is 35.1 Å². The average molecular weight is 455 g/mol. The van der Waals surface area contributed by atoms with Crippen LogP contribution in [0.3, 0.4) is 0 Å². The van der Waals surface area contributed by atoms with Crippen LogP contribution in [-0.2, 0) is 6.61 Å². The van der Waals surface area contributed by atoms with Crippen LogP contribution in [0.15, 0.2) is 59.0 Å². The number of carbonyl (C=O) groups excluding carboxylic acids is 1. The van der Waals surface area contributed by atoms with Crippen molar-refractivity contribution < 1.29 is 23.8 Å². The molecule has 0 atom stereocenters. The summed E-state index contributed by atoms with van der Waals surface area (Å²) < 4.78 is 16.6. The molecule has 1 amide bonds.